The van der Waals surface area contributed by atoms with Gasteiger partial charge in [-0.25, -0.2) is 0 Å². The molecule has 0 fully saturated rings. The molecule has 0 heterocycles. The first-order chi connectivity index (χ1) is 5.06. The summed E-state index contributed by atoms with van der Waals surface area (Å²) in [5, 5.41) is 0. The first-order valence-electron chi connectivity index (χ1n) is 3.31. The molecule has 3 nitrogen and oxygen atoms in total. The molecule has 0 atom stereocenters. The molecule has 0 aromatic rings. The molecule has 0 unspecified atom stereocenters. The Bertz CT molecular complexity index is 192. The molecule has 0 aliphatic rings. The zero-order chi connectivity index (χ0) is 8.85. The van der Waals surface area contributed by atoms with Crippen molar-refractivity contribution in [1.29, 1.82) is 0 Å². The van der Waals surface area contributed by atoms with Crippen LogP contribution in [0.1, 0.15) is 20.3 Å². The van der Waals surface area contributed by atoms with Crippen LogP contribution in [0.3, 0.4) is 0 Å². The Balaban J connectivity index is 4.16. The molecule has 62 valence electrons. The zero-order valence-electron chi connectivity index (χ0n) is 7.01. The Morgan fingerprint density at radius 2 is 1.91 bits per heavy atom. The van der Waals surface area contributed by atoms with E-state index in [-0.39, 0.29) is 18.0 Å². The Hall–Kier alpha value is -1.12. The quantitative estimate of drug-likeness (QED) is 0.452. The molecule has 0 bridgehead atoms. The molecule has 0 N–H and O–H groups in total. The predicted molar refractivity (Wildman–Crippen MR) is 41.1 cm³/mol. The van der Waals surface area contributed by atoms with Gasteiger partial charge in [-0.3, -0.25) is 9.59 Å². The fraction of sp³-hybridized carbons (Fsp3) is 0.500. The normalized spacial score (nSPS) is 11.0. The van der Waals surface area contributed by atoms with Crippen molar-refractivity contribution in [1.82, 2.24) is 0 Å². The Kier molecular flexibility index (Phi) is 4.18. The summed E-state index contributed by atoms with van der Waals surface area (Å²) < 4.78 is 4.79. The Morgan fingerprint density at radius 1 is 1.36 bits per heavy atom. The van der Waals surface area contributed by atoms with Gasteiger partial charge in [0.2, 0.25) is 0 Å². The molecule has 0 aliphatic heterocycles. The second-order valence-electron chi connectivity index (χ2n) is 2.30. The minimum absolute atomic E-state index is 0.0145. The summed E-state index contributed by atoms with van der Waals surface area (Å²) in [4.78, 5) is 21.1. The highest BCUT2D eigenvalue weighted by Crippen LogP contribution is 2.02. The second-order valence-corrected chi connectivity index (χ2v) is 2.30. The van der Waals surface area contributed by atoms with E-state index in [2.05, 4.69) is 0 Å². The van der Waals surface area contributed by atoms with E-state index in [4.69, 9.17) is 4.74 Å². The molecular weight excluding hydrogens is 144 g/mol. The van der Waals surface area contributed by atoms with Crippen LogP contribution in [0.5, 0.6) is 0 Å². The standard InChI is InChI=1S/C8H12O3/c1-6(9)4-8(11-3)5-7(2)10/h4H,5H2,1-3H3/b8-4-. The van der Waals surface area contributed by atoms with E-state index >= 15 is 0 Å². The van der Waals surface area contributed by atoms with Gasteiger partial charge in [0.15, 0.2) is 5.78 Å². The zero-order valence-corrected chi connectivity index (χ0v) is 7.01. The maximum atomic E-state index is 10.6. The number of methoxy groups -OCH3 is 1. The maximum Gasteiger partial charge on any atom is 0.155 e. The summed E-state index contributed by atoms with van der Waals surface area (Å²) in [6.07, 6.45) is 1.51. The van der Waals surface area contributed by atoms with Crippen molar-refractivity contribution in [2.45, 2.75) is 20.3 Å². The van der Waals surface area contributed by atoms with E-state index < -0.39 is 0 Å². The van der Waals surface area contributed by atoms with E-state index in [9.17, 15) is 9.59 Å². The van der Waals surface area contributed by atoms with Gasteiger partial charge in [0.05, 0.1) is 13.5 Å². The molecule has 0 radical (unpaired) electrons. The van der Waals surface area contributed by atoms with Crippen LogP contribution < -0.4 is 0 Å². The van der Waals surface area contributed by atoms with Crippen molar-refractivity contribution < 1.29 is 14.3 Å². The van der Waals surface area contributed by atoms with Gasteiger partial charge in [-0.2, -0.15) is 0 Å². The highest BCUT2D eigenvalue weighted by Gasteiger charge is 2.01. The van der Waals surface area contributed by atoms with Crippen LogP contribution in [0.25, 0.3) is 0 Å². The van der Waals surface area contributed by atoms with Gasteiger partial charge in [-0.1, -0.05) is 0 Å². The average Bonchev–Trinajstić information content (AvgIpc) is 1.84. The number of hydrogen-bond donors (Lipinski definition) is 0. The smallest absolute Gasteiger partial charge is 0.155 e. The fourth-order valence-electron chi connectivity index (χ4n) is 0.654. The van der Waals surface area contributed by atoms with Crippen LogP contribution >= 0.6 is 0 Å². The number of ether oxygens (including phenoxy) is 1. The van der Waals surface area contributed by atoms with Gasteiger partial charge < -0.3 is 4.74 Å². The summed E-state index contributed by atoms with van der Waals surface area (Å²) in [6.45, 7) is 2.87. The van der Waals surface area contributed by atoms with Crippen molar-refractivity contribution >= 4 is 11.6 Å². The molecule has 0 aromatic carbocycles. The van der Waals surface area contributed by atoms with Crippen LogP contribution in [-0.2, 0) is 14.3 Å². The number of ketones is 2. The molecule has 0 saturated heterocycles. The van der Waals surface area contributed by atoms with E-state index in [1.165, 1.54) is 27.0 Å². The predicted octanol–water partition coefficient (Wildman–Crippen LogP) is 1.08. The fourth-order valence-corrected chi connectivity index (χ4v) is 0.654. The van der Waals surface area contributed by atoms with E-state index in [1.54, 1.807) is 0 Å². The number of hydrogen-bond acceptors (Lipinski definition) is 3. The molecule has 0 spiro atoms. The lowest BCUT2D eigenvalue weighted by Gasteiger charge is -2.01. The number of Topliss-reactive ketones (excluding diaryl/α,β-unsaturated/α-hetero) is 1. The summed E-state index contributed by atoms with van der Waals surface area (Å²) in [5.41, 5.74) is 0. The van der Waals surface area contributed by atoms with E-state index in [1.807, 2.05) is 0 Å². The molecule has 0 rings (SSSR count). The Labute approximate surface area is 66.0 Å². The van der Waals surface area contributed by atoms with Crippen molar-refractivity contribution in [3.63, 3.8) is 0 Å². The lowest BCUT2D eigenvalue weighted by atomic mass is 10.2. The molecule has 3 heteroatoms. The van der Waals surface area contributed by atoms with Crippen LogP contribution in [0.2, 0.25) is 0 Å². The third kappa shape index (κ3) is 5.33. The summed E-state index contributed by atoms with van der Waals surface area (Å²) in [5.74, 6) is 0.299. The minimum atomic E-state index is -0.108. The van der Waals surface area contributed by atoms with Crippen molar-refractivity contribution in [3.05, 3.63) is 11.8 Å². The van der Waals surface area contributed by atoms with Gasteiger partial charge in [0.1, 0.15) is 11.5 Å². The SMILES string of the molecule is CO/C(=C\C(C)=O)CC(C)=O. The maximum absolute atomic E-state index is 10.6. The molecule has 0 amide bonds. The molecular formula is C8H12O3. The summed E-state index contributed by atoms with van der Waals surface area (Å²) in [7, 11) is 1.44. The van der Waals surface area contributed by atoms with Gasteiger partial charge in [0.25, 0.3) is 0 Å². The average molecular weight is 156 g/mol. The van der Waals surface area contributed by atoms with Gasteiger partial charge in [-0.15, -0.1) is 0 Å². The summed E-state index contributed by atoms with van der Waals surface area (Å²) in [6, 6.07) is 0. The van der Waals surface area contributed by atoms with E-state index in [0.717, 1.165) is 0 Å². The molecule has 0 saturated carbocycles. The Morgan fingerprint density at radius 3 is 2.18 bits per heavy atom. The van der Waals surface area contributed by atoms with Gasteiger partial charge >= 0.3 is 0 Å². The minimum Gasteiger partial charge on any atom is -0.501 e. The lowest BCUT2D eigenvalue weighted by Crippen LogP contribution is -1.98. The number of allylic oxidation sites excluding steroid dienone is 2. The van der Waals surface area contributed by atoms with Crippen molar-refractivity contribution in [3.8, 4) is 0 Å². The highest BCUT2D eigenvalue weighted by molar-refractivity contribution is 5.89. The number of rotatable bonds is 4. The van der Waals surface area contributed by atoms with Crippen molar-refractivity contribution in [2.75, 3.05) is 7.11 Å². The van der Waals surface area contributed by atoms with Crippen LogP contribution in [0.4, 0.5) is 0 Å². The van der Waals surface area contributed by atoms with Crippen LogP contribution in [0, 0.1) is 0 Å². The number of carbonyl (C=O) groups is 2. The molecule has 0 aromatic heterocycles. The van der Waals surface area contributed by atoms with Crippen LogP contribution in [-0.4, -0.2) is 18.7 Å². The van der Waals surface area contributed by atoms with Crippen molar-refractivity contribution in [2.24, 2.45) is 0 Å². The molecule has 11 heavy (non-hydrogen) atoms. The topological polar surface area (TPSA) is 43.4 Å². The largest absolute Gasteiger partial charge is 0.501 e. The lowest BCUT2D eigenvalue weighted by molar-refractivity contribution is -0.116. The first-order valence-corrected chi connectivity index (χ1v) is 3.31. The van der Waals surface area contributed by atoms with Gasteiger partial charge in [-0.05, 0) is 13.8 Å². The monoisotopic (exact) mass is 156 g/mol. The second kappa shape index (κ2) is 4.66. The number of carbonyl (C=O) groups excluding carboxylic acids is 2. The third-order valence-electron chi connectivity index (χ3n) is 1.05. The van der Waals surface area contributed by atoms with Gasteiger partial charge in [0, 0.05) is 6.08 Å². The summed E-state index contributed by atoms with van der Waals surface area (Å²) >= 11 is 0. The van der Waals surface area contributed by atoms with Crippen LogP contribution in [0.15, 0.2) is 11.8 Å². The first kappa shape index (κ1) is 9.88. The van der Waals surface area contributed by atoms with E-state index in [0.29, 0.717) is 5.76 Å². The highest BCUT2D eigenvalue weighted by atomic mass is 16.5. The third-order valence-corrected chi connectivity index (χ3v) is 1.05. The molecule has 0 aliphatic carbocycles.